The van der Waals surface area contributed by atoms with E-state index >= 15 is 0 Å². The molecule has 2 N–H and O–H groups in total. The first kappa shape index (κ1) is 12.0. The Kier molecular flexibility index (Phi) is 3.09. The highest BCUT2D eigenvalue weighted by molar-refractivity contribution is 5.20. The molecule has 0 atom stereocenters. The molecule has 0 unspecified atom stereocenters. The molecule has 86 valence electrons. The summed E-state index contributed by atoms with van der Waals surface area (Å²) in [7, 11) is 0. The van der Waals surface area contributed by atoms with Crippen molar-refractivity contribution in [3.05, 3.63) is 21.6 Å². The Balaban J connectivity index is 3.41. The van der Waals surface area contributed by atoms with Crippen molar-refractivity contribution in [2.45, 2.75) is 52.7 Å². The molecule has 4 nitrogen and oxygen atoms in total. The first-order valence-corrected chi connectivity index (χ1v) is 5.24. The summed E-state index contributed by atoms with van der Waals surface area (Å²) in [6.07, 6.45) is 0. The van der Waals surface area contributed by atoms with Crippen LogP contribution in [0.2, 0.25) is 0 Å². The van der Waals surface area contributed by atoms with E-state index < -0.39 is 0 Å². The van der Waals surface area contributed by atoms with Crippen molar-refractivity contribution in [2.24, 2.45) is 0 Å². The van der Waals surface area contributed by atoms with Crippen LogP contribution >= 0.6 is 0 Å². The SMILES string of the molecule is CC(C)c1[nH]n(C(C)(C)C)c(=O)c1CO. The van der Waals surface area contributed by atoms with Crippen LogP contribution in [-0.4, -0.2) is 14.9 Å². The average molecular weight is 212 g/mol. The Bertz CT molecular complexity index is 394. The zero-order valence-corrected chi connectivity index (χ0v) is 10.1. The highest BCUT2D eigenvalue weighted by atomic mass is 16.3. The van der Waals surface area contributed by atoms with E-state index in [0.717, 1.165) is 5.69 Å². The zero-order valence-electron chi connectivity index (χ0n) is 10.1. The molecule has 0 aliphatic heterocycles. The number of aromatic amines is 1. The Labute approximate surface area is 89.9 Å². The monoisotopic (exact) mass is 212 g/mol. The van der Waals surface area contributed by atoms with Gasteiger partial charge in [0.15, 0.2) is 0 Å². The summed E-state index contributed by atoms with van der Waals surface area (Å²) in [6, 6.07) is 0. The molecule has 0 aliphatic carbocycles. The summed E-state index contributed by atoms with van der Waals surface area (Å²) in [6.45, 7) is 9.66. The molecule has 0 amide bonds. The van der Waals surface area contributed by atoms with Crippen LogP contribution in [0.5, 0.6) is 0 Å². The number of H-pyrrole nitrogens is 1. The fraction of sp³-hybridized carbons (Fsp3) is 0.727. The summed E-state index contributed by atoms with van der Waals surface area (Å²) >= 11 is 0. The van der Waals surface area contributed by atoms with E-state index in [0.29, 0.717) is 5.56 Å². The Morgan fingerprint density at radius 1 is 1.40 bits per heavy atom. The minimum absolute atomic E-state index is 0.117. The number of hydrogen-bond acceptors (Lipinski definition) is 2. The van der Waals surface area contributed by atoms with Crippen LogP contribution in [0.3, 0.4) is 0 Å². The third-order valence-corrected chi connectivity index (χ3v) is 2.42. The summed E-state index contributed by atoms with van der Waals surface area (Å²) in [4.78, 5) is 11.9. The van der Waals surface area contributed by atoms with E-state index in [1.54, 1.807) is 4.68 Å². The third-order valence-electron chi connectivity index (χ3n) is 2.42. The lowest BCUT2D eigenvalue weighted by Crippen LogP contribution is -2.33. The minimum Gasteiger partial charge on any atom is -0.391 e. The van der Waals surface area contributed by atoms with Crippen LogP contribution in [0.1, 0.15) is 51.8 Å². The van der Waals surface area contributed by atoms with Gasteiger partial charge >= 0.3 is 0 Å². The largest absolute Gasteiger partial charge is 0.391 e. The molecule has 0 fully saturated rings. The zero-order chi connectivity index (χ0) is 11.8. The molecule has 0 radical (unpaired) electrons. The average Bonchev–Trinajstić information content (AvgIpc) is 2.41. The van der Waals surface area contributed by atoms with Gasteiger partial charge in [0.2, 0.25) is 0 Å². The fourth-order valence-corrected chi connectivity index (χ4v) is 1.59. The predicted molar refractivity (Wildman–Crippen MR) is 60.1 cm³/mol. The summed E-state index contributed by atoms with van der Waals surface area (Å²) in [5, 5.41) is 12.3. The normalized spacial score (nSPS) is 12.5. The van der Waals surface area contributed by atoms with Gasteiger partial charge < -0.3 is 5.11 Å². The van der Waals surface area contributed by atoms with Gasteiger partial charge in [-0.05, 0) is 26.7 Å². The van der Waals surface area contributed by atoms with E-state index in [9.17, 15) is 9.90 Å². The summed E-state index contributed by atoms with van der Waals surface area (Å²) in [5.41, 5.74) is 0.916. The summed E-state index contributed by atoms with van der Waals surface area (Å²) in [5.74, 6) is 0.212. The second-order valence-corrected chi connectivity index (χ2v) is 5.13. The van der Waals surface area contributed by atoms with Gasteiger partial charge in [-0.25, -0.2) is 4.68 Å². The Hall–Kier alpha value is -1.03. The molecule has 0 aromatic carbocycles. The van der Waals surface area contributed by atoms with Crippen molar-refractivity contribution in [1.29, 1.82) is 0 Å². The lowest BCUT2D eigenvalue weighted by molar-refractivity contribution is 0.277. The van der Waals surface area contributed by atoms with Crippen molar-refractivity contribution < 1.29 is 5.11 Å². The highest BCUT2D eigenvalue weighted by Crippen LogP contribution is 2.18. The van der Waals surface area contributed by atoms with Crippen molar-refractivity contribution in [3.63, 3.8) is 0 Å². The topological polar surface area (TPSA) is 58.0 Å². The minimum atomic E-state index is -0.284. The maximum atomic E-state index is 11.9. The quantitative estimate of drug-likeness (QED) is 0.781. The molecule has 0 aliphatic rings. The van der Waals surface area contributed by atoms with Crippen LogP contribution in [0.15, 0.2) is 4.79 Å². The van der Waals surface area contributed by atoms with Gasteiger partial charge in [0.1, 0.15) is 0 Å². The van der Waals surface area contributed by atoms with Gasteiger partial charge in [0.25, 0.3) is 5.56 Å². The van der Waals surface area contributed by atoms with E-state index in [4.69, 9.17) is 0 Å². The number of rotatable bonds is 2. The van der Waals surface area contributed by atoms with Gasteiger partial charge in [0, 0.05) is 5.69 Å². The number of aliphatic hydroxyl groups is 1. The van der Waals surface area contributed by atoms with Gasteiger partial charge in [-0.15, -0.1) is 0 Å². The van der Waals surface area contributed by atoms with Crippen LogP contribution in [0.25, 0.3) is 0 Å². The second kappa shape index (κ2) is 3.85. The number of hydrogen-bond donors (Lipinski definition) is 2. The second-order valence-electron chi connectivity index (χ2n) is 5.13. The van der Waals surface area contributed by atoms with Gasteiger partial charge in [-0.3, -0.25) is 9.89 Å². The maximum absolute atomic E-state index is 11.9. The first-order valence-electron chi connectivity index (χ1n) is 5.24. The molecule has 4 heteroatoms. The smallest absolute Gasteiger partial charge is 0.272 e. The Morgan fingerprint density at radius 2 is 1.93 bits per heavy atom. The van der Waals surface area contributed by atoms with Crippen molar-refractivity contribution >= 4 is 0 Å². The lowest BCUT2D eigenvalue weighted by atomic mass is 10.1. The standard InChI is InChI=1S/C11H20N2O2/c1-7(2)9-8(6-14)10(15)13(12-9)11(3,4)5/h7,12,14H,6H2,1-5H3. The van der Waals surface area contributed by atoms with Crippen molar-refractivity contribution in [1.82, 2.24) is 9.78 Å². The first-order chi connectivity index (χ1) is 6.79. The fourth-order valence-electron chi connectivity index (χ4n) is 1.59. The van der Waals surface area contributed by atoms with Gasteiger partial charge in [-0.2, -0.15) is 0 Å². The lowest BCUT2D eigenvalue weighted by Gasteiger charge is -2.19. The molecule has 15 heavy (non-hydrogen) atoms. The molecule has 0 saturated carbocycles. The number of nitrogens with zero attached hydrogens (tertiary/aromatic N) is 1. The van der Waals surface area contributed by atoms with Gasteiger partial charge in [-0.1, -0.05) is 13.8 Å². The summed E-state index contributed by atoms with van der Waals surface area (Å²) < 4.78 is 1.58. The molecule has 0 saturated heterocycles. The molecular weight excluding hydrogens is 192 g/mol. The third kappa shape index (κ3) is 2.15. The van der Waals surface area contributed by atoms with Crippen LogP contribution in [-0.2, 0) is 12.1 Å². The van der Waals surface area contributed by atoms with E-state index in [1.165, 1.54) is 0 Å². The molecule has 0 bridgehead atoms. The van der Waals surface area contributed by atoms with Gasteiger partial charge in [0.05, 0.1) is 17.7 Å². The van der Waals surface area contributed by atoms with Crippen molar-refractivity contribution in [2.75, 3.05) is 0 Å². The Morgan fingerprint density at radius 3 is 2.20 bits per heavy atom. The number of aliphatic hydroxyl groups excluding tert-OH is 1. The molecule has 0 spiro atoms. The van der Waals surface area contributed by atoms with E-state index in [1.807, 2.05) is 34.6 Å². The molecular formula is C11H20N2O2. The van der Waals surface area contributed by atoms with Crippen LogP contribution in [0.4, 0.5) is 0 Å². The van der Waals surface area contributed by atoms with Crippen molar-refractivity contribution in [3.8, 4) is 0 Å². The molecule has 1 aromatic rings. The molecule has 1 rings (SSSR count). The predicted octanol–water partition coefficient (Wildman–Crippen LogP) is 1.55. The highest BCUT2D eigenvalue weighted by Gasteiger charge is 2.22. The number of aromatic nitrogens is 2. The molecule has 1 heterocycles. The maximum Gasteiger partial charge on any atom is 0.272 e. The molecule has 1 aromatic heterocycles. The van der Waals surface area contributed by atoms with E-state index in [-0.39, 0.29) is 23.6 Å². The number of nitrogens with one attached hydrogen (secondary N) is 1. The van der Waals surface area contributed by atoms with E-state index in [2.05, 4.69) is 5.10 Å². The van der Waals surface area contributed by atoms with Crippen LogP contribution in [0, 0.1) is 0 Å². The van der Waals surface area contributed by atoms with Crippen LogP contribution < -0.4 is 5.56 Å².